The number of carboxylic acid groups (broad SMARTS) is 3. The van der Waals surface area contributed by atoms with Gasteiger partial charge in [0.05, 0.1) is 10.8 Å². The first-order chi connectivity index (χ1) is 12.8. The van der Waals surface area contributed by atoms with Crippen LogP contribution in [0.4, 0.5) is 0 Å². The van der Waals surface area contributed by atoms with Crippen molar-refractivity contribution in [2.24, 2.45) is 10.8 Å². The molecule has 2 fully saturated rings. The van der Waals surface area contributed by atoms with Gasteiger partial charge in [0.25, 0.3) is 6.47 Å². The molecule has 4 rings (SSSR count). The van der Waals surface area contributed by atoms with Crippen LogP contribution in [-0.4, -0.2) is 51.7 Å². The maximum absolute atomic E-state index is 11.6. The average molecular weight is 371 g/mol. The Balaban J connectivity index is 0.000000659. The van der Waals surface area contributed by atoms with Gasteiger partial charge in [0.1, 0.15) is 0 Å². The van der Waals surface area contributed by atoms with E-state index in [1.54, 1.807) is 0 Å². The summed E-state index contributed by atoms with van der Waals surface area (Å²) in [5.41, 5.74) is 0.0831. The molecule has 3 N–H and O–H groups in total. The summed E-state index contributed by atoms with van der Waals surface area (Å²) in [6.07, 6.45) is 0.246. The lowest BCUT2D eigenvalue weighted by Crippen LogP contribution is -2.28. The number of carbonyl (C=O) groups is 3. The van der Waals surface area contributed by atoms with Gasteiger partial charge in [-0.05, 0) is 35.2 Å². The molecule has 142 valence electrons. The van der Waals surface area contributed by atoms with Crippen LogP contribution in [0, 0.1) is 17.8 Å². The fourth-order valence-electron chi connectivity index (χ4n) is 4.40. The van der Waals surface area contributed by atoms with Crippen molar-refractivity contribution in [3.63, 3.8) is 0 Å². The van der Waals surface area contributed by atoms with E-state index in [2.05, 4.69) is 31.2 Å². The lowest BCUT2D eigenvalue weighted by atomic mass is 9.97. The van der Waals surface area contributed by atoms with Gasteiger partial charge >= 0.3 is 11.9 Å². The number of piperidine rings is 1. The topological polar surface area (TPSA) is 115 Å². The van der Waals surface area contributed by atoms with Crippen molar-refractivity contribution in [2.75, 3.05) is 13.1 Å². The normalized spacial score (nSPS) is 26.0. The highest BCUT2D eigenvalue weighted by Gasteiger charge is 2.80. The van der Waals surface area contributed by atoms with Gasteiger partial charge in [0.2, 0.25) is 0 Å². The Hall–Kier alpha value is -2.93. The van der Waals surface area contributed by atoms with Crippen molar-refractivity contribution >= 4 is 29.2 Å². The van der Waals surface area contributed by atoms with Crippen molar-refractivity contribution in [2.45, 2.75) is 19.9 Å². The Bertz CT molecular complexity index is 898. The van der Waals surface area contributed by atoms with Crippen molar-refractivity contribution in [1.82, 2.24) is 4.90 Å². The summed E-state index contributed by atoms with van der Waals surface area (Å²) in [5, 5.41) is 28.3. The van der Waals surface area contributed by atoms with Gasteiger partial charge in [-0.15, -0.1) is 0 Å². The second kappa shape index (κ2) is 6.66. The van der Waals surface area contributed by atoms with Crippen LogP contribution in [0.3, 0.4) is 0 Å². The second-order valence-corrected chi connectivity index (χ2v) is 7.29. The molecule has 7 nitrogen and oxygen atoms in total. The zero-order valence-corrected chi connectivity index (χ0v) is 14.9. The predicted molar refractivity (Wildman–Crippen MR) is 97.4 cm³/mol. The maximum atomic E-state index is 11.6. The summed E-state index contributed by atoms with van der Waals surface area (Å²) in [4.78, 5) is 33.6. The van der Waals surface area contributed by atoms with Crippen LogP contribution >= 0.6 is 0 Å². The fourth-order valence-corrected chi connectivity index (χ4v) is 4.40. The summed E-state index contributed by atoms with van der Waals surface area (Å²) in [6, 6.07) is 12.3. The highest BCUT2D eigenvalue weighted by molar-refractivity contribution is 5.94. The number of carboxylic acids is 2. The minimum Gasteiger partial charge on any atom is -0.483 e. The molecule has 1 aliphatic heterocycles. The van der Waals surface area contributed by atoms with Crippen molar-refractivity contribution in [1.29, 1.82) is 0 Å². The van der Waals surface area contributed by atoms with Crippen LogP contribution in [0.2, 0.25) is 0 Å². The Morgan fingerprint density at radius 1 is 1.04 bits per heavy atom. The minimum absolute atomic E-state index is 0.246. The third-order valence-corrected chi connectivity index (χ3v) is 5.83. The highest BCUT2D eigenvalue weighted by atomic mass is 16.4. The molecule has 2 aromatic carbocycles. The molecule has 1 saturated carbocycles. The Kier molecular flexibility index (Phi) is 4.65. The fraction of sp³-hybridized carbons (Fsp3) is 0.350. The summed E-state index contributed by atoms with van der Waals surface area (Å²) in [6.45, 7) is 2.99. The Morgan fingerprint density at radius 3 is 2.07 bits per heavy atom. The first kappa shape index (κ1) is 18.8. The number of fused-ring (bicyclic) bond motifs is 2. The molecule has 0 amide bonds. The zero-order valence-electron chi connectivity index (χ0n) is 14.9. The molecule has 0 radical (unpaired) electrons. The molecule has 27 heavy (non-hydrogen) atoms. The predicted octanol–water partition coefficient (Wildman–Crippen LogP) is 2.21. The maximum Gasteiger partial charge on any atom is 0.312 e. The molecule has 2 atom stereocenters. The lowest BCUT2D eigenvalue weighted by Gasteiger charge is -2.21. The van der Waals surface area contributed by atoms with Crippen LogP contribution in [0.15, 0.2) is 36.4 Å². The quantitative estimate of drug-likeness (QED) is 0.706. The van der Waals surface area contributed by atoms with Gasteiger partial charge < -0.3 is 15.3 Å². The molecule has 1 saturated heterocycles. The third kappa shape index (κ3) is 2.84. The van der Waals surface area contributed by atoms with Gasteiger partial charge in [-0.25, -0.2) is 0 Å². The smallest absolute Gasteiger partial charge is 0.312 e. The Morgan fingerprint density at radius 2 is 1.56 bits per heavy atom. The van der Waals surface area contributed by atoms with Crippen LogP contribution in [0.5, 0.6) is 0 Å². The molecule has 0 unspecified atom stereocenters. The monoisotopic (exact) mass is 371 g/mol. The van der Waals surface area contributed by atoms with Gasteiger partial charge in [-0.2, -0.15) is 0 Å². The highest BCUT2D eigenvalue weighted by Crippen LogP contribution is 2.68. The molecular formula is C20H21NO6. The van der Waals surface area contributed by atoms with Crippen LogP contribution in [0.25, 0.3) is 10.8 Å². The van der Waals surface area contributed by atoms with E-state index in [-0.39, 0.29) is 12.9 Å². The molecule has 1 heterocycles. The Labute approximate surface area is 155 Å². The second-order valence-electron chi connectivity index (χ2n) is 7.29. The summed E-state index contributed by atoms with van der Waals surface area (Å²) >= 11 is 0. The van der Waals surface area contributed by atoms with Gasteiger partial charge in [-0.1, -0.05) is 36.4 Å². The number of aryl methyl sites for hydroxylation is 1. The molecule has 0 spiro atoms. The molecule has 1 aliphatic carbocycles. The molecule has 7 heteroatoms. The van der Waals surface area contributed by atoms with Crippen molar-refractivity contribution in [3.05, 3.63) is 47.5 Å². The summed E-state index contributed by atoms with van der Waals surface area (Å²) in [7, 11) is 0. The van der Waals surface area contributed by atoms with Crippen molar-refractivity contribution in [3.8, 4) is 0 Å². The first-order valence-corrected chi connectivity index (χ1v) is 8.55. The SMILES string of the molecule is Cc1ccc(CN2C[C@@]3(C(=O)O)C[C@@]3(C(=O)O)C2)c2ccccc12.O=CO. The van der Waals surface area contributed by atoms with Crippen LogP contribution in [0.1, 0.15) is 17.5 Å². The molecule has 0 aromatic heterocycles. The number of nitrogens with zero attached hydrogens (tertiary/aromatic N) is 1. The number of benzene rings is 2. The van der Waals surface area contributed by atoms with Crippen molar-refractivity contribution < 1.29 is 29.7 Å². The van der Waals surface area contributed by atoms with E-state index in [0.717, 1.165) is 10.9 Å². The lowest BCUT2D eigenvalue weighted by molar-refractivity contribution is -0.151. The van der Waals surface area contributed by atoms with Gasteiger partial charge in [-0.3, -0.25) is 19.3 Å². The first-order valence-electron chi connectivity index (χ1n) is 8.55. The van der Waals surface area contributed by atoms with E-state index in [1.807, 2.05) is 17.0 Å². The van der Waals surface area contributed by atoms with E-state index in [0.29, 0.717) is 19.6 Å². The summed E-state index contributed by atoms with van der Waals surface area (Å²) in [5.74, 6) is -1.97. The number of likely N-dealkylation sites (tertiary alicyclic amines) is 1. The largest absolute Gasteiger partial charge is 0.483 e. The molecular weight excluding hydrogens is 350 g/mol. The molecule has 2 aliphatic rings. The van der Waals surface area contributed by atoms with E-state index in [4.69, 9.17) is 9.90 Å². The zero-order chi connectivity index (χ0) is 19.8. The standard InChI is InChI=1S/C19H19NO4.CH2O2/c1-12-6-7-13(15-5-3-2-4-14(12)15)8-20-10-18(16(21)22)9-19(18,11-20)17(23)24;2-1-3/h2-7H,8-11H2,1H3,(H,21,22)(H,23,24);1H,(H,2,3)/t18-,19+;. The van der Waals surface area contributed by atoms with Crippen LogP contribution < -0.4 is 0 Å². The molecule has 0 bridgehead atoms. The summed E-state index contributed by atoms with van der Waals surface area (Å²) < 4.78 is 0. The van der Waals surface area contributed by atoms with Gasteiger partial charge in [0, 0.05) is 19.6 Å². The molecule has 2 aromatic rings. The average Bonchev–Trinajstić information content (AvgIpc) is 3.17. The number of aliphatic carboxylic acids is 2. The van der Waals surface area contributed by atoms with E-state index < -0.39 is 22.8 Å². The van der Waals surface area contributed by atoms with E-state index in [9.17, 15) is 19.8 Å². The van der Waals surface area contributed by atoms with E-state index in [1.165, 1.54) is 10.9 Å². The van der Waals surface area contributed by atoms with Gasteiger partial charge in [0.15, 0.2) is 0 Å². The van der Waals surface area contributed by atoms with E-state index >= 15 is 0 Å². The number of hydrogen-bond acceptors (Lipinski definition) is 4. The number of rotatable bonds is 4. The van der Waals surface area contributed by atoms with Crippen LogP contribution in [-0.2, 0) is 20.9 Å². The number of hydrogen-bond donors (Lipinski definition) is 3. The minimum atomic E-state index is -1.11. The third-order valence-electron chi connectivity index (χ3n) is 5.83.